The number of benzene rings is 1. The van der Waals surface area contributed by atoms with Gasteiger partial charge in [-0.1, -0.05) is 37.3 Å². The van der Waals surface area contributed by atoms with E-state index in [0.29, 0.717) is 5.95 Å². The highest BCUT2D eigenvalue weighted by atomic mass is 15.2. The summed E-state index contributed by atoms with van der Waals surface area (Å²) in [5.74, 6) is 2.55. The molecule has 4 nitrogen and oxygen atoms in total. The van der Waals surface area contributed by atoms with E-state index in [1.807, 2.05) is 6.07 Å². The predicted octanol–water partition coefficient (Wildman–Crippen LogP) is 4.59. The molecular weight excluding hydrogens is 296 g/mol. The quantitative estimate of drug-likeness (QED) is 0.896. The van der Waals surface area contributed by atoms with Crippen LogP contribution >= 0.6 is 0 Å². The maximum absolute atomic E-state index is 4.80. The molecule has 1 fully saturated rings. The van der Waals surface area contributed by atoms with Gasteiger partial charge in [0.15, 0.2) is 0 Å². The number of rotatable bonds is 3. The molecule has 0 bridgehead atoms. The van der Waals surface area contributed by atoms with Crippen molar-refractivity contribution in [1.82, 2.24) is 9.97 Å². The van der Waals surface area contributed by atoms with E-state index in [1.165, 1.54) is 12.8 Å². The van der Waals surface area contributed by atoms with E-state index >= 15 is 0 Å². The molecule has 0 unspecified atom stereocenters. The number of aromatic nitrogens is 2. The highest BCUT2D eigenvalue weighted by Gasteiger charge is 2.20. The number of hydrogen-bond donors (Lipinski definition) is 1. The summed E-state index contributed by atoms with van der Waals surface area (Å²) in [4.78, 5) is 11.9. The Labute approximate surface area is 145 Å². The summed E-state index contributed by atoms with van der Waals surface area (Å²) in [6.07, 6.45) is 2.46. The van der Waals surface area contributed by atoms with Crippen LogP contribution in [0, 0.1) is 5.92 Å². The number of nitrogens with zero attached hydrogens (tertiary/aromatic N) is 3. The van der Waals surface area contributed by atoms with E-state index in [0.717, 1.165) is 36.1 Å². The fraction of sp³-hybridized carbons (Fsp3) is 0.500. The molecule has 1 aromatic carbocycles. The Morgan fingerprint density at radius 3 is 2.33 bits per heavy atom. The molecule has 3 rings (SSSR count). The van der Waals surface area contributed by atoms with Gasteiger partial charge in [-0.15, -0.1) is 0 Å². The third-order valence-corrected chi connectivity index (χ3v) is 4.38. The van der Waals surface area contributed by atoms with Crippen molar-refractivity contribution in [3.05, 3.63) is 36.4 Å². The highest BCUT2D eigenvalue weighted by molar-refractivity contribution is 5.65. The van der Waals surface area contributed by atoms with Gasteiger partial charge in [0.2, 0.25) is 5.95 Å². The van der Waals surface area contributed by atoms with Gasteiger partial charge in [0, 0.05) is 30.3 Å². The van der Waals surface area contributed by atoms with Crippen LogP contribution in [0.3, 0.4) is 0 Å². The SMILES string of the molecule is CC1CCN(c2cc(-c3ccccc3)nc(NC(C)(C)C)n2)CC1. The Morgan fingerprint density at radius 1 is 1.04 bits per heavy atom. The predicted molar refractivity (Wildman–Crippen MR) is 101 cm³/mol. The minimum atomic E-state index is -0.0665. The van der Waals surface area contributed by atoms with E-state index in [9.17, 15) is 0 Å². The zero-order valence-corrected chi connectivity index (χ0v) is 15.2. The van der Waals surface area contributed by atoms with Crippen LogP contribution in [0.5, 0.6) is 0 Å². The van der Waals surface area contributed by atoms with E-state index in [1.54, 1.807) is 0 Å². The first-order valence-electron chi connectivity index (χ1n) is 8.88. The zero-order valence-electron chi connectivity index (χ0n) is 15.2. The van der Waals surface area contributed by atoms with Crippen LogP contribution in [0.4, 0.5) is 11.8 Å². The summed E-state index contributed by atoms with van der Waals surface area (Å²) < 4.78 is 0. The first-order chi connectivity index (χ1) is 11.4. The lowest BCUT2D eigenvalue weighted by Gasteiger charge is -2.32. The molecule has 0 spiro atoms. The number of anilines is 2. The third kappa shape index (κ3) is 4.25. The van der Waals surface area contributed by atoms with Gasteiger partial charge in [-0.3, -0.25) is 0 Å². The van der Waals surface area contributed by atoms with Crippen molar-refractivity contribution in [1.29, 1.82) is 0 Å². The van der Waals surface area contributed by atoms with Crippen molar-refractivity contribution < 1.29 is 0 Å². The standard InChI is InChI=1S/C20H28N4/c1-15-10-12-24(13-11-15)18-14-17(16-8-6-5-7-9-16)21-19(22-18)23-20(2,3)4/h5-9,14-15H,10-13H2,1-4H3,(H,21,22,23). The van der Waals surface area contributed by atoms with E-state index < -0.39 is 0 Å². The molecule has 1 aliphatic heterocycles. The second-order valence-electron chi connectivity index (χ2n) is 7.85. The van der Waals surface area contributed by atoms with Crippen molar-refractivity contribution in [2.24, 2.45) is 5.92 Å². The molecule has 2 aromatic rings. The Bertz CT molecular complexity index is 668. The second-order valence-corrected chi connectivity index (χ2v) is 7.85. The van der Waals surface area contributed by atoms with Gasteiger partial charge in [0.25, 0.3) is 0 Å². The average molecular weight is 324 g/mol. The summed E-state index contributed by atoms with van der Waals surface area (Å²) >= 11 is 0. The molecule has 128 valence electrons. The van der Waals surface area contributed by atoms with E-state index in [4.69, 9.17) is 9.97 Å². The summed E-state index contributed by atoms with van der Waals surface area (Å²) in [5, 5.41) is 3.43. The fourth-order valence-corrected chi connectivity index (χ4v) is 2.98. The van der Waals surface area contributed by atoms with Crippen LogP contribution in [0.2, 0.25) is 0 Å². The normalized spacial score (nSPS) is 16.2. The Morgan fingerprint density at radius 2 is 1.71 bits per heavy atom. The maximum Gasteiger partial charge on any atom is 0.225 e. The first kappa shape index (κ1) is 16.7. The molecule has 1 aliphatic rings. The molecule has 4 heteroatoms. The van der Waals surface area contributed by atoms with Crippen molar-refractivity contribution in [2.75, 3.05) is 23.3 Å². The number of piperidine rings is 1. The van der Waals surface area contributed by atoms with Crippen molar-refractivity contribution in [3.63, 3.8) is 0 Å². The van der Waals surface area contributed by atoms with Crippen LogP contribution in [-0.4, -0.2) is 28.6 Å². The van der Waals surface area contributed by atoms with Crippen LogP contribution in [0.1, 0.15) is 40.5 Å². The third-order valence-electron chi connectivity index (χ3n) is 4.38. The minimum absolute atomic E-state index is 0.0665. The highest BCUT2D eigenvalue weighted by Crippen LogP contribution is 2.27. The fourth-order valence-electron chi connectivity index (χ4n) is 2.98. The largest absolute Gasteiger partial charge is 0.356 e. The van der Waals surface area contributed by atoms with Crippen molar-refractivity contribution in [3.8, 4) is 11.3 Å². The summed E-state index contributed by atoms with van der Waals surface area (Å²) in [5.41, 5.74) is 2.04. The van der Waals surface area contributed by atoms with Gasteiger partial charge in [-0.25, -0.2) is 4.98 Å². The van der Waals surface area contributed by atoms with Crippen molar-refractivity contribution in [2.45, 2.75) is 46.1 Å². The lowest BCUT2D eigenvalue weighted by atomic mass is 9.99. The number of hydrogen-bond acceptors (Lipinski definition) is 4. The van der Waals surface area contributed by atoms with E-state index in [-0.39, 0.29) is 5.54 Å². The maximum atomic E-state index is 4.80. The Balaban J connectivity index is 1.96. The lowest BCUT2D eigenvalue weighted by Crippen LogP contribution is -2.34. The molecule has 1 N–H and O–H groups in total. The first-order valence-corrected chi connectivity index (χ1v) is 8.88. The monoisotopic (exact) mass is 324 g/mol. The molecule has 0 saturated carbocycles. The van der Waals surface area contributed by atoms with Gasteiger partial charge in [0.1, 0.15) is 5.82 Å². The van der Waals surface area contributed by atoms with Crippen LogP contribution in [0.15, 0.2) is 36.4 Å². The molecule has 24 heavy (non-hydrogen) atoms. The van der Waals surface area contributed by atoms with Gasteiger partial charge in [-0.2, -0.15) is 4.98 Å². The Hall–Kier alpha value is -2.10. The van der Waals surface area contributed by atoms with E-state index in [2.05, 4.69) is 68.2 Å². The van der Waals surface area contributed by atoms with Crippen LogP contribution in [0.25, 0.3) is 11.3 Å². The summed E-state index contributed by atoms with van der Waals surface area (Å²) in [6, 6.07) is 12.5. The summed E-state index contributed by atoms with van der Waals surface area (Å²) in [6.45, 7) is 10.9. The molecular formula is C20H28N4. The number of nitrogens with one attached hydrogen (secondary N) is 1. The van der Waals surface area contributed by atoms with Gasteiger partial charge >= 0.3 is 0 Å². The average Bonchev–Trinajstić information content (AvgIpc) is 2.54. The lowest BCUT2D eigenvalue weighted by molar-refractivity contribution is 0.436. The molecule has 2 heterocycles. The van der Waals surface area contributed by atoms with Gasteiger partial charge < -0.3 is 10.2 Å². The Kier molecular flexibility index (Phi) is 4.74. The van der Waals surface area contributed by atoms with Gasteiger partial charge in [-0.05, 0) is 39.5 Å². The smallest absolute Gasteiger partial charge is 0.225 e. The molecule has 1 aromatic heterocycles. The zero-order chi connectivity index (χ0) is 17.2. The molecule has 0 radical (unpaired) electrons. The molecule has 0 atom stereocenters. The minimum Gasteiger partial charge on any atom is -0.356 e. The summed E-state index contributed by atoms with van der Waals surface area (Å²) in [7, 11) is 0. The van der Waals surface area contributed by atoms with Crippen molar-refractivity contribution >= 4 is 11.8 Å². The topological polar surface area (TPSA) is 41.1 Å². The molecule has 0 aliphatic carbocycles. The van der Waals surface area contributed by atoms with Crippen LogP contribution < -0.4 is 10.2 Å². The molecule has 0 amide bonds. The van der Waals surface area contributed by atoms with Gasteiger partial charge in [0.05, 0.1) is 5.69 Å². The molecule has 1 saturated heterocycles. The van der Waals surface area contributed by atoms with Crippen LogP contribution in [-0.2, 0) is 0 Å². The second kappa shape index (κ2) is 6.80.